The summed E-state index contributed by atoms with van der Waals surface area (Å²) in [7, 11) is -3.30. The lowest BCUT2D eigenvalue weighted by Crippen LogP contribution is -2.45. The van der Waals surface area contributed by atoms with Crippen molar-refractivity contribution >= 4 is 38.4 Å². The quantitative estimate of drug-likeness (QED) is 0.589. The van der Waals surface area contributed by atoms with Gasteiger partial charge in [0.2, 0.25) is 15.9 Å². The van der Waals surface area contributed by atoms with Gasteiger partial charge in [-0.1, -0.05) is 48.0 Å². The van der Waals surface area contributed by atoms with Crippen molar-refractivity contribution in [2.24, 2.45) is 5.92 Å². The second-order valence-corrected chi connectivity index (χ2v) is 10.5. The number of H-pyrrole nitrogens is 1. The van der Waals surface area contributed by atoms with Gasteiger partial charge in [-0.05, 0) is 36.1 Å². The van der Waals surface area contributed by atoms with Crippen LogP contribution < -0.4 is 5.32 Å². The van der Waals surface area contributed by atoms with E-state index in [1.54, 1.807) is 0 Å². The number of piperidine rings is 1. The van der Waals surface area contributed by atoms with Crippen LogP contribution in [0.4, 0.5) is 0 Å². The number of fused-ring (bicyclic) bond motifs is 1. The van der Waals surface area contributed by atoms with Gasteiger partial charge in [-0.3, -0.25) is 4.79 Å². The first-order valence-corrected chi connectivity index (χ1v) is 12.6. The Bertz CT molecular complexity index is 1190. The van der Waals surface area contributed by atoms with Gasteiger partial charge in [0.25, 0.3) is 0 Å². The molecule has 1 saturated heterocycles. The zero-order valence-corrected chi connectivity index (χ0v) is 18.9. The van der Waals surface area contributed by atoms with Gasteiger partial charge in [-0.15, -0.1) is 0 Å². The molecule has 1 aliphatic rings. The number of rotatable bonds is 6. The number of amides is 1. The molecule has 2 heterocycles. The molecule has 4 rings (SSSR count). The van der Waals surface area contributed by atoms with Crippen molar-refractivity contribution in [2.45, 2.75) is 18.8 Å². The summed E-state index contributed by atoms with van der Waals surface area (Å²) in [5.74, 6) is -0.605. The molecule has 2 unspecified atom stereocenters. The fraction of sp³-hybridized carbons (Fsp3) is 0.348. The van der Waals surface area contributed by atoms with Crippen LogP contribution in [0.1, 0.15) is 29.9 Å². The van der Waals surface area contributed by atoms with Crippen molar-refractivity contribution in [1.82, 2.24) is 14.6 Å². The number of nitrogens with zero attached hydrogens (tertiary/aromatic N) is 1. The fourth-order valence-electron chi connectivity index (χ4n) is 4.33. The van der Waals surface area contributed by atoms with E-state index in [4.69, 9.17) is 11.6 Å². The topological polar surface area (TPSA) is 82.3 Å². The molecule has 0 radical (unpaired) electrons. The molecule has 1 aliphatic heterocycles. The Morgan fingerprint density at radius 2 is 1.94 bits per heavy atom. The standard InChI is InChI=1S/C23H26ClN3O3S/c1-31(29,30)27-12-6-7-16(15-27)23(28)26-14-19(17-8-2-4-10-21(17)24)20-13-25-22-11-5-3-9-18(20)22/h2-5,8-11,13,16,19,25H,6-7,12,14-15H2,1H3,(H,26,28). The van der Waals surface area contributed by atoms with Crippen LogP contribution in [0, 0.1) is 5.92 Å². The molecule has 1 fully saturated rings. The molecular formula is C23H26ClN3O3S. The Kier molecular flexibility index (Phi) is 6.36. The van der Waals surface area contributed by atoms with Gasteiger partial charge >= 0.3 is 0 Å². The maximum atomic E-state index is 13.0. The van der Waals surface area contributed by atoms with Crippen LogP contribution in [0.3, 0.4) is 0 Å². The third-order valence-electron chi connectivity index (χ3n) is 5.98. The summed E-state index contributed by atoms with van der Waals surface area (Å²) in [6, 6.07) is 15.7. The molecule has 2 atom stereocenters. The number of hydrogen-bond acceptors (Lipinski definition) is 3. The molecule has 3 aromatic rings. The monoisotopic (exact) mass is 459 g/mol. The Morgan fingerprint density at radius 1 is 1.19 bits per heavy atom. The largest absolute Gasteiger partial charge is 0.361 e. The van der Waals surface area contributed by atoms with E-state index in [0.717, 1.165) is 22.0 Å². The van der Waals surface area contributed by atoms with Crippen molar-refractivity contribution in [1.29, 1.82) is 0 Å². The molecule has 1 amide bonds. The van der Waals surface area contributed by atoms with Crippen molar-refractivity contribution in [3.8, 4) is 0 Å². The van der Waals surface area contributed by atoms with Crippen LogP contribution in [-0.4, -0.2) is 49.5 Å². The molecular weight excluding hydrogens is 434 g/mol. The number of sulfonamides is 1. The summed E-state index contributed by atoms with van der Waals surface area (Å²) in [5.41, 5.74) is 3.03. The first-order valence-electron chi connectivity index (χ1n) is 10.4. The number of aromatic nitrogens is 1. The molecule has 0 bridgehead atoms. The second kappa shape index (κ2) is 9.02. The second-order valence-electron chi connectivity index (χ2n) is 8.07. The number of para-hydroxylation sites is 1. The highest BCUT2D eigenvalue weighted by Gasteiger charge is 2.31. The molecule has 1 aromatic heterocycles. The molecule has 6 nitrogen and oxygen atoms in total. The summed E-state index contributed by atoms with van der Waals surface area (Å²) in [5, 5.41) is 4.80. The number of carbonyl (C=O) groups excluding carboxylic acids is 1. The first-order chi connectivity index (χ1) is 14.8. The van der Waals surface area contributed by atoms with Gasteiger partial charge in [0.05, 0.1) is 12.2 Å². The van der Waals surface area contributed by atoms with Crippen LogP contribution in [-0.2, 0) is 14.8 Å². The minimum Gasteiger partial charge on any atom is -0.361 e. The highest BCUT2D eigenvalue weighted by atomic mass is 35.5. The van der Waals surface area contributed by atoms with Crippen molar-refractivity contribution in [2.75, 3.05) is 25.9 Å². The smallest absolute Gasteiger partial charge is 0.224 e. The number of hydrogen-bond donors (Lipinski definition) is 2. The molecule has 2 aromatic carbocycles. The predicted molar refractivity (Wildman–Crippen MR) is 124 cm³/mol. The Labute approximate surface area is 187 Å². The zero-order chi connectivity index (χ0) is 22.0. The SMILES string of the molecule is CS(=O)(=O)N1CCCC(C(=O)NCC(c2ccccc2Cl)c2c[nH]c3ccccc23)C1. The molecule has 8 heteroatoms. The van der Waals surface area contributed by atoms with E-state index in [1.165, 1.54) is 10.6 Å². The third-order valence-corrected chi connectivity index (χ3v) is 7.60. The van der Waals surface area contributed by atoms with Crippen molar-refractivity contribution < 1.29 is 13.2 Å². The van der Waals surface area contributed by atoms with E-state index >= 15 is 0 Å². The lowest BCUT2D eigenvalue weighted by Gasteiger charge is -2.30. The maximum absolute atomic E-state index is 13.0. The summed E-state index contributed by atoms with van der Waals surface area (Å²) < 4.78 is 25.2. The lowest BCUT2D eigenvalue weighted by molar-refractivity contribution is -0.126. The minimum atomic E-state index is -3.30. The molecule has 0 aliphatic carbocycles. The number of nitrogens with one attached hydrogen (secondary N) is 2. The van der Waals surface area contributed by atoms with Gasteiger partial charge in [-0.2, -0.15) is 0 Å². The normalized spacial score (nSPS) is 18.7. The average molecular weight is 460 g/mol. The molecule has 31 heavy (non-hydrogen) atoms. The first kappa shape index (κ1) is 21.9. The predicted octanol–water partition coefficient (Wildman–Crippen LogP) is 3.74. The van der Waals surface area contributed by atoms with E-state index in [1.807, 2.05) is 48.7 Å². The Morgan fingerprint density at radius 3 is 2.71 bits per heavy atom. The van der Waals surface area contributed by atoms with Crippen LogP contribution in [0.2, 0.25) is 5.02 Å². The van der Waals surface area contributed by atoms with E-state index in [-0.39, 0.29) is 24.3 Å². The molecule has 164 valence electrons. The summed E-state index contributed by atoms with van der Waals surface area (Å²) in [6.07, 6.45) is 4.53. The van der Waals surface area contributed by atoms with Crippen molar-refractivity contribution in [3.05, 3.63) is 70.9 Å². The van der Waals surface area contributed by atoms with Crippen LogP contribution >= 0.6 is 11.6 Å². The number of halogens is 1. The lowest BCUT2D eigenvalue weighted by atomic mass is 9.90. The molecule has 0 spiro atoms. The van der Waals surface area contributed by atoms with E-state index in [2.05, 4.69) is 16.4 Å². The van der Waals surface area contributed by atoms with Crippen LogP contribution in [0.5, 0.6) is 0 Å². The van der Waals surface area contributed by atoms with Crippen LogP contribution in [0.15, 0.2) is 54.7 Å². The van der Waals surface area contributed by atoms with Crippen LogP contribution in [0.25, 0.3) is 10.9 Å². The third kappa shape index (κ3) is 4.79. The van der Waals surface area contributed by atoms with Gasteiger partial charge in [0.1, 0.15) is 0 Å². The average Bonchev–Trinajstić information content (AvgIpc) is 3.18. The summed E-state index contributed by atoms with van der Waals surface area (Å²) in [6.45, 7) is 1.08. The minimum absolute atomic E-state index is 0.120. The zero-order valence-electron chi connectivity index (χ0n) is 17.3. The molecule has 2 N–H and O–H groups in total. The molecule has 0 saturated carbocycles. The van der Waals surface area contributed by atoms with Gasteiger partial charge in [-0.25, -0.2) is 12.7 Å². The van der Waals surface area contributed by atoms with E-state index in [0.29, 0.717) is 31.0 Å². The van der Waals surface area contributed by atoms with Gasteiger partial charge < -0.3 is 10.3 Å². The van der Waals surface area contributed by atoms with Gasteiger partial charge in [0.15, 0.2) is 0 Å². The van der Waals surface area contributed by atoms with Crippen molar-refractivity contribution in [3.63, 3.8) is 0 Å². The fourth-order valence-corrected chi connectivity index (χ4v) is 5.51. The Balaban J connectivity index is 1.57. The number of carbonyl (C=O) groups is 1. The maximum Gasteiger partial charge on any atom is 0.224 e. The van der Waals surface area contributed by atoms with E-state index < -0.39 is 10.0 Å². The number of aromatic amines is 1. The number of benzene rings is 2. The Hall–Kier alpha value is -2.35. The van der Waals surface area contributed by atoms with E-state index in [9.17, 15) is 13.2 Å². The highest BCUT2D eigenvalue weighted by Crippen LogP contribution is 2.34. The van der Waals surface area contributed by atoms with Gasteiger partial charge in [0, 0.05) is 47.7 Å². The highest BCUT2D eigenvalue weighted by molar-refractivity contribution is 7.88. The summed E-state index contributed by atoms with van der Waals surface area (Å²) in [4.78, 5) is 16.3. The summed E-state index contributed by atoms with van der Waals surface area (Å²) >= 11 is 6.52.